The summed E-state index contributed by atoms with van der Waals surface area (Å²) in [5.41, 5.74) is 0. The number of alkyl halides is 2. The van der Waals surface area contributed by atoms with E-state index in [0.29, 0.717) is 0 Å². The average molecular weight is 169 g/mol. The fourth-order valence-electron chi connectivity index (χ4n) is 0.629. The molecule has 0 nitrogen and oxygen atoms in total. The van der Waals surface area contributed by atoms with Crippen LogP contribution >= 0.6 is 23.2 Å². The lowest BCUT2D eigenvalue weighted by atomic mass is 10.2. The van der Waals surface area contributed by atoms with Crippen molar-refractivity contribution in [2.24, 2.45) is 0 Å². The van der Waals surface area contributed by atoms with Gasteiger partial charge in [-0.1, -0.05) is 19.8 Å². The molecule has 0 saturated carbocycles. The Balaban J connectivity index is 3.16. The molecule has 56 valence electrons. The summed E-state index contributed by atoms with van der Waals surface area (Å²) >= 11 is 11.6. The van der Waals surface area contributed by atoms with Gasteiger partial charge in [0.15, 0.2) is 0 Å². The molecule has 0 N–H and O–H groups in total. The second kappa shape index (κ2) is 5.37. The van der Waals surface area contributed by atoms with E-state index < -0.39 is 0 Å². The standard InChI is InChI=1S/C7H14Cl2/c1-3-4-5-7(9)6(2)8/h6-7H,3-5H2,1-2H3. The predicted octanol–water partition coefficient (Wildman–Crippen LogP) is 3.41. The highest BCUT2D eigenvalue weighted by molar-refractivity contribution is 6.29. The molecule has 0 aliphatic heterocycles. The van der Waals surface area contributed by atoms with E-state index >= 15 is 0 Å². The highest BCUT2D eigenvalue weighted by atomic mass is 35.5. The molecule has 0 heterocycles. The molecule has 0 aliphatic rings. The average Bonchev–Trinajstić information content (AvgIpc) is 1.82. The minimum absolute atomic E-state index is 0.109. The Hall–Kier alpha value is 0.580. The van der Waals surface area contributed by atoms with Crippen LogP contribution in [0.15, 0.2) is 0 Å². The smallest absolute Gasteiger partial charge is 0.0497 e. The van der Waals surface area contributed by atoms with E-state index in [-0.39, 0.29) is 10.8 Å². The number of hydrogen-bond acceptors (Lipinski definition) is 0. The van der Waals surface area contributed by atoms with Crippen molar-refractivity contribution < 1.29 is 0 Å². The van der Waals surface area contributed by atoms with E-state index in [0.717, 1.165) is 6.42 Å². The third-order valence-electron chi connectivity index (χ3n) is 1.33. The molecule has 9 heavy (non-hydrogen) atoms. The van der Waals surface area contributed by atoms with Gasteiger partial charge in [0.05, 0.1) is 0 Å². The summed E-state index contributed by atoms with van der Waals surface area (Å²) < 4.78 is 0. The Morgan fingerprint density at radius 1 is 1.33 bits per heavy atom. The molecular weight excluding hydrogens is 155 g/mol. The molecule has 2 unspecified atom stereocenters. The molecule has 0 amide bonds. The van der Waals surface area contributed by atoms with Gasteiger partial charge in [0, 0.05) is 10.8 Å². The highest BCUT2D eigenvalue weighted by Gasteiger charge is 2.09. The first-order chi connectivity index (χ1) is 4.18. The lowest BCUT2D eigenvalue weighted by Crippen LogP contribution is -2.09. The van der Waals surface area contributed by atoms with Crippen LogP contribution in [0, 0.1) is 0 Å². The summed E-state index contributed by atoms with van der Waals surface area (Å²) in [4.78, 5) is 0. The summed E-state index contributed by atoms with van der Waals surface area (Å²) in [6.45, 7) is 4.09. The van der Waals surface area contributed by atoms with Crippen molar-refractivity contribution in [3.63, 3.8) is 0 Å². The minimum atomic E-state index is 0.109. The monoisotopic (exact) mass is 168 g/mol. The van der Waals surface area contributed by atoms with Crippen molar-refractivity contribution in [2.45, 2.75) is 43.9 Å². The first kappa shape index (κ1) is 9.58. The third kappa shape index (κ3) is 5.05. The molecule has 0 aromatic carbocycles. The Bertz CT molecular complexity index is 61.9. The third-order valence-corrected chi connectivity index (χ3v) is 2.36. The molecule has 0 rings (SSSR count). The maximum atomic E-state index is 5.86. The van der Waals surface area contributed by atoms with Crippen LogP contribution in [-0.2, 0) is 0 Å². The van der Waals surface area contributed by atoms with Crippen molar-refractivity contribution >= 4 is 23.2 Å². The van der Waals surface area contributed by atoms with Gasteiger partial charge in [-0.2, -0.15) is 0 Å². The maximum Gasteiger partial charge on any atom is 0.0497 e. The summed E-state index contributed by atoms with van der Waals surface area (Å²) in [5, 5.41) is 0.268. The Morgan fingerprint density at radius 3 is 2.22 bits per heavy atom. The van der Waals surface area contributed by atoms with E-state index in [1.807, 2.05) is 6.92 Å². The summed E-state index contributed by atoms with van der Waals surface area (Å²) in [5.74, 6) is 0. The molecule has 2 atom stereocenters. The van der Waals surface area contributed by atoms with Crippen molar-refractivity contribution in [3.05, 3.63) is 0 Å². The van der Waals surface area contributed by atoms with Crippen LogP contribution in [-0.4, -0.2) is 10.8 Å². The van der Waals surface area contributed by atoms with Crippen LogP contribution in [0.1, 0.15) is 33.1 Å². The Labute approximate surface area is 67.5 Å². The first-order valence-electron chi connectivity index (χ1n) is 3.46. The van der Waals surface area contributed by atoms with E-state index in [1.54, 1.807) is 0 Å². The Kier molecular flexibility index (Phi) is 5.72. The van der Waals surface area contributed by atoms with Crippen LogP contribution in [0.5, 0.6) is 0 Å². The predicted molar refractivity (Wildman–Crippen MR) is 44.5 cm³/mol. The van der Waals surface area contributed by atoms with Gasteiger partial charge in [-0.05, 0) is 13.3 Å². The molecule has 0 fully saturated rings. The van der Waals surface area contributed by atoms with Crippen LogP contribution in [0.4, 0.5) is 0 Å². The SMILES string of the molecule is CCCCC(Cl)C(C)Cl. The topological polar surface area (TPSA) is 0 Å². The maximum absolute atomic E-state index is 5.86. The fraction of sp³-hybridized carbons (Fsp3) is 1.00. The normalized spacial score (nSPS) is 17.3. The van der Waals surface area contributed by atoms with Gasteiger partial charge in [-0.25, -0.2) is 0 Å². The number of hydrogen-bond donors (Lipinski definition) is 0. The van der Waals surface area contributed by atoms with Gasteiger partial charge in [0.1, 0.15) is 0 Å². The van der Waals surface area contributed by atoms with Gasteiger partial charge in [-0.15, -0.1) is 23.2 Å². The molecule has 0 aliphatic carbocycles. The van der Waals surface area contributed by atoms with Crippen molar-refractivity contribution in [1.82, 2.24) is 0 Å². The lowest BCUT2D eigenvalue weighted by molar-refractivity contribution is 0.668. The van der Waals surface area contributed by atoms with Crippen LogP contribution < -0.4 is 0 Å². The summed E-state index contributed by atoms with van der Waals surface area (Å²) in [6.07, 6.45) is 3.43. The van der Waals surface area contributed by atoms with E-state index in [2.05, 4.69) is 6.92 Å². The molecule has 0 aromatic heterocycles. The van der Waals surface area contributed by atoms with Crippen molar-refractivity contribution in [2.75, 3.05) is 0 Å². The van der Waals surface area contributed by atoms with Gasteiger partial charge in [0.2, 0.25) is 0 Å². The summed E-state index contributed by atoms with van der Waals surface area (Å²) in [7, 11) is 0. The van der Waals surface area contributed by atoms with Gasteiger partial charge < -0.3 is 0 Å². The van der Waals surface area contributed by atoms with Crippen molar-refractivity contribution in [3.8, 4) is 0 Å². The number of unbranched alkanes of at least 4 members (excludes halogenated alkanes) is 1. The van der Waals surface area contributed by atoms with Gasteiger partial charge >= 0.3 is 0 Å². The van der Waals surface area contributed by atoms with E-state index in [4.69, 9.17) is 23.2 Å². The second-order valence-electron chi connectivity index (χ2n) is 2.34. The van der Waals surface area contributed by atoms with Gasteiger partial charge in [0.25, 0.3) is 0 Å². The molecule has 0 aromatic rings. The van der Waals surface area contributed by atoms with Crippen LogP contribution in [0.2, 0.25) is 0 Å². The van der Waals surface area contributed by atoms with Crippen LogP contribution in [0.25, 0.3) is 0 Å². The zero-order valence-corrected chi connectivity index (χ0v) is 7.54. The molecule has 0 spiro atoms. The Morgan fingerprint density at radius 2 is 1.89 bits per heavy atom. The molecule has 0 bridgehead atoms. The zero-order valence-electron chi connectivity index (χ0n) is 6.03. The summed E-state index contributed by atoms with van der Waals surface area (Å²) in [6, 6.07) is 0. The number of rotatable bonds is 4. The van der Waals surface area contributed by atoms with Crippen molar-refractivity contribution in [1.29, 1.82) is 0 Å². The molecule has 0 saturated heterocycles. The zero-order chi connectivity index (χ0) is 7.28. The highest BCUT2D eigenvalue weighted by Crippen LogP contribution is 2.15. The molecule has 0 radical (unpaired) electrons. The van der Waals surface area contributed by atoms with E-state index in [1.165, 1.54) is 12.8 Å². The van der Waals surface area contributed by atoms with Crippen LogP contribution in [0.3, 0.4) is 0 Å². The van der Waals surface area contributed by atoms with Gasteiger partial charge in [-0.3, -0.25) is 0 Å². The molecule has 2 heteroatoms. The number of halogens is 2. The fourth-order valence-corrected chi connectivity index (χ4v) is 0.909. The first-order valence-corrected chi connectivity index (χ1v) is 4.34. The largest absolute Gasteiger partial charge is 0.122 e. The van der Waals surface area contributed by atoms with E-state index in [9.17, 15) is 0 Å². The second-order valence-corrected chi connectivity index (χ2v) is 3.58. The molecular formula is C7H14Cl2. The minimum Gasteiger partial charge on any atom is -0.122 e. The lowest BCUT2D eigenvalue weighted by Gasteiger charge is -2.09. The quantitative estimate of drug-likeness (QED) is 0.565.